The Morgan fingerprint density at radius 3 is 2.19 bits per heavy atom. The molecule has 1 aliphatic rings. The first-order chi connectivity index (χ1) is 17.0. The molecule has 0 atom stereocenters. The molecular weight excluding hydrogens is 458 g/mol. The summed E-state index contributed by atoms with van der Waals surface area (Å²) in [7, 11) is 1.34. The lowest BCUT2D eigenvalue weighted by molar-refractivity contribution is -0.122. The van der Waals surface area contributed by atoms with Crippen molar-refractivity contribution in [3.63, 3.8) is 0 Å². The van der Waals surface area contributed by atoms with Crippen LogP contribution in [0.5, 0.6) is 0 Å². The van der Waals surface area contributed by atoms with Crippen LogP contribution in [0.3, 0.4) is 0 Å². The smallest absolute Gasteiger partial charge is 0.337 e. The maximum absolute atomic E-state index is 13.4. The van der Waals surface area contributed by atoms with Crippen LogP contribution < -0.4 is 10.2 Å². The van der Waals surface area contributed by atoms with E-state index in [4.69, 9.17) is 4.74 Å². The Hall–Kier alpha value is -4.46. The zero-order chi connectivity index (χ0) is 26.3. The molecule has 1 saturated heterocycles. The number of esters is 1. The molecule has 1 aliphatic heterocycles. The predicted molar refractivity (Wildman–Crippen MR) is 136 cm³/mol. The number of urea groups is 1. The number of methoxy groups -OCH3 is 1. The fourth-order valence-electron chi connectivity index (χ4n) is 4.58. The number of anilines is 1. The van der Waals surface area contributed by atoms with Crippen LogP contribution in [0, 0.1) is 34.6 Å². The van der Waals surface area contributed by atoms with E-state index in [1.54, 1.807) is 24.3 Å². The first-order valence-corrected chi connectivity index (χ1v) is 11.4. The molecule has 0 bridgehead atoms. The molecule has 8 nitrogen and oxygen atoms in total. The average Bonchev–Trinajstić information content (AvgIpc) is 3.08. The zero-order valence-corrected chi connectivity index (χ0v) is 21.1. The van der Waals surface area contributed by atoms with E-state index in [0.717, 1.165) is 38.7 Å². The van der Waals surface area contributed by atoms with Gasteiger partial charge in [-0.1, -0.05) is 6.07 Å². The number of hydrogen-bond acceptors (Lipinski definition) is 5. The van der Waals surface area contributed by atoms with E-state index < -0.39 is 23.8 Å². The summed E-state index contributed by atoms with van der Waals surface area (Å²) in [6, 6.07) is 11.8. The van der Waals surface area contributed by atoms with Crippen LogP contribution in [0.15, 0.2) is 48.0 Å². The van der Waals surface area contributed by atoms with Gasteiger partial charge >= 0.3 is 12.0 Å². The monoisotopic (exact) mass is 485 g/mol. The second-order valence-electron chi connectivity index (χ2n) is 8.96. The molecule has 0 aliphatic carbocycles. The van der Waals surface area contributed by atoms with Crippen LogP contribution in [0.1, 0.15) is 44.0 Å². The van der Waals surface area contributed by atoms with Crippen molar-refractivity contribution in [1.29, 1.82) is 0 Å². The normalized spacial score (nSPS) is 14.9. The minimum Gasteiger partial charge on any atom is -0.465 e. The lowest BCUT2D eigenvalue weighted by Crippen LogP contribution is -2.54. The van der Waals surface area contributed by atoms with Gasteiger partial charge in [0, 0.05) is 17.1 Å². The minimum absolute atomic E-state index is 0.133. The molecule has 2 aromatic carbocycles. The number of benzene rings is 2. The van der Waals surface area contributed by atoms with E-state index >= 15 is 0 Å². The molecule has 36 heavy (non-hydrogen) atoms. The van der Waals surface area contributed by atoms with Gasteiger partial charge in [0.05, 0.1) is 18.4 Å². The maximum atomic E-state index is 13.4. The Balaban J connectivity index is 1.76. The van der Waals surface area contributed by atoms with Crippen molar-refractivity contribution in [2.75, 3.05) is 12.0 Å². The lowest BCUT2D eigenvalue weighted by Gasteiger charge is -2.27. The van der Waals surface area contributed by atoms with Crippen LogP contribution in [0.4, 0.5) is 10.5 Å². The fourth-order valence-corrected chi connectivity index (χ4v) is 4.58. The summed E-state index contributed by atoms with van der Waals surface area (Å²) >= 11 is 0. The molecule has 0 unspecified atom stereocenters. The molecule has 0 saturated carbocycles. The molecule has 0 spiro atoms. The highest BCUT2D eigenvalue weighted by molar-refractivity contribution is 6.39. The van der Waals surface area contributed by atoms with Gasteiger partial charge < -0.3 is 9.30 Å². The molecule has 1 fully saturated rings. The number of barbiturate groups is 1. The zero-order valence-electron chi connectivity index (χ0n) is 21.1. The first-order valence-electron chi connectivity index (χ1n) is 11.4. The first kappa shape index (κ1) is 24.7. The van der Waals surface area contributed by atoms with Crippen molar-refractivity contribution in [2.24, 2.45) is 0 Å². The Morgan fingerprint density at radius 2 is 1.58 bits per heavy atom. The van der Waals surface area contributed by atoms with E-state index in [-0.39, 0.29) is 5.57 Å². The van der Waals surface area contributed by atoms with Crippen molar-refractivity contribution in [2.45, 2.75) is 34.6 Å². The third-order valence-electron chi connectivity index (χ3n) is 6.20. The van der Waals surface area contributed by atoms with Gasteiger partial charge in [-0.3, -0.25) is 14.9 Å². The molecular formula is C28H27N3O5. The van der Waals surface area contributed by atoms with Gasteiger partial charge in [-0.15, -0.1) is 0 Å². The van der Waals surface area contributed by atoms with Gasteiger partial charge in [-0.05, 0) is 99.3 Å². The van der Waals surface area contributed by atoms with Gasteiger partial charge in [0.25, 0.3) is 11.8 Å². The Labute approximate surface area is 209 Å². The summed E-state index contributed by atoms with van der Waals surface area (Å²) in [6.07, 6.45) is 1.51. The number of carbonyl (C=O) groups is 4. The van der Waals surface area contributed by atoms with E-state index in [1.165, 1.54) is 13.2 Å². The van der Waals surface area contributed by atoms with Gasteiger partial charge in [0.2, 0.25) is 0 Å². The number of hydrogen-bond donors (Lipinski definition) is 1. The molecule has 1 N–H and O–H groups in total. The van der Waals surface area contributed by atoms with E-state index in [9.17, 15) is 19.2 Å². The standard InChI is InChI=1S/C28H27N3O5/c1-15-9-16(2)11-22(10-15)31-26(33)23(25(32)29-28(31)35)14-21-13-18(4)30(19(21)5)24-8-7-20(12-17(24)3)27(34)36-6/h7-14H,1-6H3,(H,29,32,35)/b23-14+. The van der Waals surface area contributed by atoms with Crippen LogP contribution in [0.25, 0.3) is 11.8 Å². The van der Waals surface area contributed by atoms with Crippen LogP contribution in [-0.4, -0.2) is 35.5 Å². The maximum Gasteiger partial charge on any atom is 0.337 e. The predicted octanol–water partition coefficient (Wildman–Crippen LogP) is 4.47. The minimum atomic E-state index is -0.779. The lowest BCUT2D eigenvalue weighted by atomic mass is 10.1. The number of aryl methyl sites for hydroxylation is 4. The Morgan fingerprint density at radius 1 is 0.917 bits per heavy atom. The average molecular weight is 486 g/mol. The van der Waals surface area contributed by atoms with Crippen LogP contribution in [0.2, 0.25) is 0 Å². The molecule has 184 valence electrons. The van der Waals surface area contributed by atoms with Gasteiger partial charge in [-0.2, -0.15) is 0 Å². The highest BCUT2D eigenvalue weighted by Crippen LogP contribution is 2.28. The number of ether oxygens (including phenoxy) is 1. The van der Waals surface area contributed by atoms with E-state index in [2.05, 4.69) is 5.32 Å². The van der Waals surface area contributed by atoms with Crippen LogP contribution >= 0.6 is 0 Å². The van der Waals surface area contributed by atoms with E-state index in [0.29, 0.717) is 16.8 Å². The number of amides is 4. The number of carbonyl (C=O) groups excluding carboxylic acids is 4. The number of nitrogens with zero attached hydrogens (tertiary/aromatic N) is 2. The summed E-state index contributed by atoms with van der Waals surface area (Å²) in [6.45, 7) is 9.44. The molecule has 2 heterocycles. The molecule has 8 heteroatoms. The van der Waals surface area contributed by atoms with Gasteiger partial charge in [0.1, 0.15) is 5.57 Å². The molecule has 0 radical (unpaired) electrons. The van der Waals surface area contributed by atoms with Crippen molar-refractivity contribution >= 4 is 35.6 Å². The molecule has 1 aromatic heterocycles. The summed E-state index contributed by atoms with van der Waals surface area (Å²) in [4.78, 5) is 51.5. The summed E-state index contributed by atoms with van der Waals surface area (Å²) in [5.74, 6) is -1.84. The third-order valence-corrected chi connectivity index (χ3v) is 6.20. The van der Waals surface area contributed by atoms with Crippen molar-refractivity contribution < 1.29 is 23.9 Å². The van der Waals surface area contributed by atoms with Crippen molar-refractivity contribution in [3.05, 3.63) is 87.2 Å². The highest BCUT2D eigenvalue weighted by atomic mass is 16.5. The third kappa shape index (κ3) is 4.33. The van der Waals surface area contributed by atoms with Crippen LogP contribution in [-0.2, 0) is 14.3 Å². The summed E-state index contributed by atoms with van der Waals surface area (Å²) in [5, 5.41) is 2.28. The summed E-state index contributed by atoms with van der Waals surface area (Å²) < 4.78 is 6.79. The largest absolute Gasteiger partial charge is 0.465 e. The second-order valence-corrected chi connectivity index (χ2v) is 8.96. The second kappa shape index (κ2) is 9.30. The van der Waals surface area contributed by atoms with Crippen molar-refractivity contribution in [1.82, 2.24) is 9.88 Å². The number of aromatic nitrogens is 1. The molecule has 4 rings (SSSR count). The molecule has 4 amide bonds. The Bertz CT molecular complexity index is 1460. The Kier molecular flexibility index (Phi) is 6.37. The van der Waals surface area contributed by atoms with E-state index in [1.807, 2.05) is 57.4 Å². The van der Waals surface area contributed by atoms with Gasteiger partial charge in [-0.25, -0.2) is 14.5 Å². The molecule has 3 aromatic rings. The van der Waals surface area contributed by atoms with Gasteiger partial charge in [0.15, 0.2) is 0 Å². The SMILES string of the molecule is COC(=O)c1ccc(-n2c(C)cc(/C=C3\C(=O)NC(=O)N(c4cc(C)cc(C)c4)C3=O)c2C)c(C)c1. The quantitative estimate of drug-likeness (QED) is 0.334. The summed E-state index contributed by atoms with van der Waals surface area (Å²) in [5.41, 5.74) is 6.55. The fraction of sp³-hybridized carbons (Fsp3) is 0.214. The topological polar surface area (TPSA) is 97.7 Å². The van der Waals surface area contributed by atoms with Crippen molar-refractivity contribution in [3.8, 4) is 5.69 Å². The number of rotatable bonds is 4. The number of nitrogens with one attached hydrogen (secondary N) is 1. The highest BCUT2D eigenvalue weighted by Gasteiger charge is 2.37. The number of imide groups is 2.